The normalized spacial score (nSPS) is 10.1. The van der Waals surface area contributed by atoms with Gasteiger partial charge in [0.15, 0.2) is 0 Å². The third kappa shape index (κ3) is 3.29. The lowest BCUT2D eigenvalue weighted by Crippen LogP contribution is -2.26. The van der Waals surface area contributed by atoms with E-state index in [2.05, 4.69) is 16.4 Å². The monoisotopic (exact) mass is 247 g/mol. The Balaban J connectivity index is 1.85. The molecule has 0 saturated carbocycles. The van der Waals surface area contributed by atoms with Gasteiger partial charge in [-0.1, -0.05) is 12.1 Å². The number of anilines is 1. The molecular weight excluding hydrogens is 234 g/mol. The van der Waals surface area contributed by atoms with Crippen LogP contribution in [0, 0.1) is 0 Å². The highest BCUT2D eigenvalue weighted by molar-refractivity contribution is 7.09. The zero-order valence-electron chi connectivity index (χ0n) is 9.22. The molecule has 0 atom stereocenters. The summed E-state index contributed by atoms with van der Waals surface area (Å²) in [6, 6.07) is 9.08. The van der Waals surface area contributed by atoms with Crippen LogP contribution in [0.2, 0.25) is 0 Å². The first kappa shape index (κ1) is 11.6. The SMILES string of the molecule is Nc1cccc(C(=O)NCCc2cccs2)n1. The molecule has 0 aromatic carbocycles. The zero-order chi connectivity index (χ0) is 12.1. The number of nitrogens with two attached hydrogens (primary N) is 1. The van der Waals surface area contributed by atoms with Crippen molar-refractivity contribution >= 4 is 23.1 Å². The van der Waals surface area contributed by atoms with E-state index in [1.807, 2.05) is 11.4 Å². The molecule has 4 nitrogen and oxygen atoms in total. The minimum Gasteiger partial charge on any atom is -0.384 e. The first-order chi connectivity index (χ1) is 8.25. The lowest BCUT2D eigenvalue weighted by Gasteiger charge is -2.03. The summed E-state index contributed by atoms with van der Waals surface area (Å²) in [5.41, 5.74) is 5.87. The number of hydrogen-bond donors (Lipinski definition) is 2. The van der Waals surface area contributed by atoms with Crippen LogP contribution < -0.4 is 11.1 Å². The average Bonchev–Trinajstić information content (AvgIpc) is 2.82. The fraction of sp³-hybridized carbons (Fsp3) is 0.167. The molecule has 2 rings (SSSR count). The van der Waals surface area contributed by atoms with Crippen LogP contribution in [0.3, 0.4) is 0 Å². The molecule has 2 aromatic heterocycles. The summed E-state index contributed by atoms with van der Waals surface area (Å²) in [7, 11) is 0. The molecule has 0 fully saturated rings. The van der Waals surface area contributed by atoms with Gasteiger partial charge in [-0.05, 0) is 30.0 Å². The van der Waals surface area contributed by atoms with Crippen molar-refractivity contribution in [1.29, 1.82) is 0 Å². The Hall–Kier alpha value is -1.88. The number of hydrogen-bond acceptors (Lipinski definition) is 4. The molecule has 0 aliphatic heterocycles. The van der Waals surface area contributed by atoms with Crippen molar-refractivity contribution in [2.75, 3.05) is 12.3 Å². The second kappa shape index (κ2) is 5.45. The van der Waals surface area contributed by atoms with Crippen LogP contribution in [0.4, 0.5) is 5.82 Å². The fourth-order valence-corrected chi connectivity index (χ4v) is 2.13. The van der Waals surface area contributed by atoms with E-state index in [-0.39, 0.29) is 5.91 Å². The van der Waals surface area contributed by atoms with Gasteiger partial charge in [0.2, 0.25) is 0 Å². The van der Waals surface area contributed by atoms with Gasteiger partial charge in [-0.25, -0.2) is 4.98 Å². The highest BCUT2D eigenvalue weighted by atomic mass is 32.1. The fourth-order valence-electron chi connectivity index (χ4n) is 1.42. The first-order valence-electron chi connectivity index (χ1n) is 5.29. The summed E-state index contributed by atoms with van der Waals surface area (Å²) in [4.78, 5) is 16.9. The number of nitrogens with zero attached hydrogens (tertiary/aromatic N) is 1. The maximum atomic E-state index is 11.7. The number of carbonyl (C=O) groups is 1. The first-order valence-corrected chi connectivity index (χ1v) is 6.17. The topological polar surface area (TPSA) is 68.0 Å². The van der Waals surface area contributed by atoms with Gasteiger partial charge in [-0.2, -0.15) is 0 Å². The molecular formula is C12H13N3OS. The second-order valence-corrected chi connectivity index (χ2v) is 4.57. The summed E-state index contributed by atoms with van der Waals surface area (Å²) in [5.74, 6) is 0.171. The van der Waals surface area contributed by atoms with Crippen molar-refractivity contribution in [3.05, 3.63) is 46.3 Å². The minimum absolute atomic E-state index is 0.186. The lowest BCUT2D eigenvalue weighted by atomic mass is 10.3. The Morgan fingerprint density at radius 3 is 2.94 bits per heavy atom. The predicted molar refractivity (Wildman–Crippen MR) is 69.0 cm³/mol. The number of thiophene rings is 1. The maximum Gasteiger partial charge on any atom is 0.269 e. The van der Waals surface area contributed by atoms with Gasteiger partial charge in [-0.3, -0.25) is 4.79 Å². The van der Waals surface area contributed by atoms with Crippen LogP contribution in [0.5, 0.6) is 0 Å². The molecule has 2 heterocycles. The Bertz CT molecular complexity index is 496. The average molecular weight is 247 g/mol. The molecule has 1 amide bonds. The third-order valence-electron chi connectivity index (χ3n) is 2.24. The van der Waals surface area contributed by atoms with E-state index in [0.717, 1.165) is 6.42 Å². The summed E-state index contributed by atoms with van der Waals surface area (Å²) < 4.78 is 0. The van der Waals surface area contributed by atoms with E-state index in [9.17, 15) is 4.79 Å². The minimum atomic E-state index is -0.186. The van der Waals surface area contributed by atoms with Crippen LogP contribution in [-0.4, -0.2) is 17.4 Å². The molecule has 5 heteroatoms. The van der Waals surface area contributed by atoms with Gasteiger partial charge in [0, 0.05) is 11.4 Å². The van der Waals surface area contributed by atoms with E-state index >= 15 is 0 Å². The number of aromatic nitrogens is 1. The molecule has 0 unspecified atom stereocenters. The molecule has 2 aromatic rings. The van der Waals surface area contributed by atoms with Crippen molar-refractivity contribution in [3.8, 4) is 0 Å². The molecule has 0 radical (unpaired) electrons. The standard InChI is InChI=1S/C12H13N3OS/c13-11-5-1-4-10(15-11)12(16)14-7-6-9-3-2-8-17-9/h1-5,8H,6-7H2,(H2,13,15)(H,14,16). The van der Waals surface area contributed by atoms with E-state index in [1.54, 1.807) is 29.5 Å². The van der Waals surface area contributed by atoms with Crippen LogP contribution >= 0.6 is 11.3 Å². The van der Waals surface area contributed by atoms with Gasteiger partial charge < -0.3 is 11.1 Å². The number of nitrogen functional groups attached to an aromatic ring is 1. The summed E-state index contributed by atoms with van der Waals surface area (Å²) in [6.07, 6.45) is 0.839. The highest BCUT2D eigenvalue weighted by Gasteiger charge is 2.06. The van der Waals surface area contributed by atoms with Crippen molar-refractivity contribution in [3.63, 3.8) is 0 Å². The molecule has 3 N–H and O–H groups in total. The van der Waals surface area contributed by atoms with E-state index in [1.165, 1.54) is 4.88 Å². The summed E-state index contributed by atoms with van der Waals surface area (Å²) in [6.45, 7) is 0.607. The van der Waals surface area contributed by atoms with Gasteiger partial charge in [0.05, 0.1) is 0 Å². The summed E-state index contributed by atoms with van der Waals surface area (Å²) >= 11 is 1.69. The summed E-state index contributed by atoms with van der Waals surface area (Å²) in [5, 5.41) is 4.84. The van der Waals surface area contributed by atoms with E-state index in [4.69, 9.17) is 5.73 Å². The number of pyridine rings is 1. The van der Waals surface area contributed by atoms with E-state index in [0.29, 0.717) is 18.1 Å². The molecule has 88 valence electrons. The Kier molecular flexibility index (Phi) is 3.72. The third-order valence-corrected chi connectivity index (χ3v) is 3.18. The van der Waals surface area contributed by atoms with Gasteiger partial charge in [-0.15, -0.1) is 11.3 Å². The maximum absolute atomic E-state index is 11.7. The predicted octanol–water partition coefficient (Wildman–Crippen LogP) is 1.70. The van der Waals surface area contributed by atoms with Crippen LogP contribution in [0.1, 0.15) is 15.4 Å². The molecule has 0 spiro atoms. The number of amides is 1. The van der Waals surface area contributed by atoms with Gasteiger partial charge in [0.25, 0.3) is 5.91 Å². The van der Waals surface area contributed by atoms with Crippen molar-refractivity contribution in [2.24, 2.45) is 0 Å². The number of rotatable bonds is 4. The Morgan fingerprint density at radius 1 is 1.35 bits per heavy atom. The molecule has 17 heavy (non-hydrogen) atoms. The molecule has 0 saturated heterocycles. The van der Waals surface area contributed by atoms with Crippen LogP contribution in [0.15, 0.2) is 35.7 Å². The molecule has 0 bridgehead atoms. The molecule has 0 aliphatic rings. The zero-order valence-corrected chi connectivity index (χ0v) is 10.0. The van der Waals surface area contributed by atoms with Gasteiger partial charge >= 0.3 is 0 Å². The molecule has 0 aliphatic carbocycles. The van der Waals surface area contributed by atoms with Crippen molar-refractivity contribution < 1.29 is 4.79 Å². The number of carbonyl (C=O) groups excluding carboxylic acids is 1. The highest BCUT2D eigenvalue weighted by Crippen LogP contribution is 2.08. The Morgan fingerprint density at radius 2 is 2.24 bits per heavy atom. The van der Waals surface area contributed by atoms with Crippen LogP contribution in [-0.2, 0) is 6.42 Å². The van der Waals surface area contributed by atoms with E-state index < -0.39 is 0 Å². The smallest absolute Gasteiger partial charge is 0.269 e. The van der Waals surface area contributed by atoms with Crippen molar-refractivity contribution in [1.82, 2.24) is 10.3 Å². The van der Waals surface area contributed by atoms with Crippen LogP contribution in [0.25, 0.3) is 0 Å². The largest absolute Gasteiger partial charge is 0.384 e. The number of nitrogens with one attached hydrogen (secondary N) is 1. The van der Waals surface area contributed by atoms with Gasteiger partial charge in [0.1, 0.15) is 11.5 Å². The second-order valence-electron chi connectivity index (χ2n) is 3.53. The lowest BCUT2D eigenvalue weighted by molar-refractivity contribution is 0.0949. The Labute approximate surface area is 103 Å². The quantitative estimate of drug-likeness (QED) is 0.864. The van der Waals surface area contributed by atoms with Crippen molar-refractivity contribution in [2.45, 2.75) is 6.42 Å².